The number of hydrogen-bond acceptors (Lipinski definition) is 2. The molecule has 96 valence electrons. The molecule has 0 fully saturated rings. The maximum atomic E-state index is 5.68. The van der Waals surface area contributed by atoms with Gasteiger partial charge in [0.05, 0.1) is 0 Å². The zero-order valence-electron chi connectivity index (χ0n) is 11.2. The van der Waals surface area contributed by atoms with Crippen molar-refractivity contribution in [2.45, 2.75) is 19.4 Å². The predicted octanol–water partition coefficient (Wildman–Crippen LogP) is 3.09. The Hall–Kier alpha value is -1.38. The molecule has 18 heavy (non-hydrogen) atoms. The highest BCUT2D eigenvalue weighted by atomic mass is 14.9. The minimum Gasteiger partial charge on any atom is -0.330 e. The van der Waals surface area contributed by atoms with Crippen LogP contribution in [0.15, 0.2) is 42.5 Å². The number of fused-ring (bicyclic) bond motifs is 1. The van der Waals surface area contributed by atoms with Gasteiger partial charge in [0.25, 0.3) is 0 Å². The maximum absolute atomic E-state index is 5.68. The first-order valence-electron chi connectivity index (χ1n) is 6.63. The van der Waals surface area contributed by atoms with Crippen LogP contribution >= 0.6 is 0 Å². The van der Waals surface area contributed by atoms with Crippen molar-refractivity contribution in [1.82, 2.24) is 5.32 Å². The highest BCUT2D eigenvalue weighted by Crippen LogP contribution is 2.29. The highest BCUT2D eigenvalue weighted by molar-refractivity contribution is 5.86. The van der Waals surface area contributed by atoms with Crippen LogP contribution in [0.3, 0.4) is 0 Å². The average molecular weight is 242 g/mol. The van der Waals surface area contributed by atoms with E-state index in [1.54, 1.807) is 0 Å². The van der Waals surface area contributed by atoms with E-state index in [2.05, 4.69) is 54.7 Å². The van der Waals surface area contributed by atoms with Gasteiger partial charge in [0.1, 0.15) is 0 Å². The van der Waals surface area contributed by atoms with Gasteiger partial charge >= 0.3 is 0 Å². The van der Waals surface area contributed by atoms with E-state index < -0.39 is 0 Å². The van der Waals surface area contributed by atoms with Gasteiger partial charge in [0.15, 0.2) is 0 Å². The van der Waals surface area contributed by atoms with Crippen molar-refractivity contribution in [3.05, 3.63) is 48.0 Å². The number of nitrogens with one attached hydrogen (secondary N) is 1. The fourth-order valence-corrected chi connectivity index (χ4v) is 2.70. The Morgan fingerprint density at radius 1 is 1.11 bits per heavy atom. The zero-order chi connectivity index (χ0) is 13.0. The van der Waals surface area contributed by atoms with Crippen molar-refractivity contribution in [1.29, 1.82) is 0 Å². The average Bonchev–Trinajstić information content (AvgIpc) is 2.40. The second kappa shape index (κ2) is 5.98. The molecular weight excluding hydrogens is 220 g/mol. The normalized spacial score (nSPS) is 14.6. The molecule has 0 aliphatic heterocycles. The van der Waals surface area contributed by atoms with Crippen molar-refractivity contribution in [3.63, 3.8) is 0 Å². The summed E-state index contributed by atoms with van der Waals surface area (Å²) >= 11 is 0. The molecule has 0 bridgehead atoms. The van der Waals surface area contributed by atoms with Crippen molar-refractivity contribution in [3.8, 4) is 0 Å². The molecule has 2 aromatic carbocycles. The molecule has 3 N–H and O–H groups in total. The van der Waals surface area contributed by atoms with Gasteiger partial charge in [-0.15, -0.1) is 0 Å². The topological polar surface area (TPSA) is 38.0 Å². The van der Waals surface area contributed by atoms with Gasteiger partial charge in [-0.3, -0.25) is 0 Å². The lowest BCUT2D eigenvalue weighted by molar-refractivity contribution is 0.394. The Bertz CT molecular complexity index is 502. The van der Waals surface area contributed by atoms with Crippen LogP contribution in [0.25, 0.3) is 10.8 Å². The Labute approximate surface area is 109 Å². The van der Waals surface area contributed by atoms with E-state index in [0.29, 0.717) is 12.0 Å². The zero-order valence-corrected chi connectivity index (χ0v) is 11.2. The van der Waals surface area contributed by atoms with Gasteiger partial charge in [-0.25, -0.2) is 0 Å². The molecule has 0 saturated heterocycles. The van der Waals surface area contributed by atoms with Crippen molar-refractivity contribution < 1.29 is 0 Å². The van der Waals surface area contributed by atoms with E-state index in [0.717, 1.165) is 13.0 Å². The van der Waals surface area contributed by atoms with Crippen molar-refractivity contribution >= 4 is 10.8 Å². The fourth-order valence-electron chi connectivity index (χ4n) is 2.70. The molecular formula is C16H22N2. The summed E-state index contributed by atoms with van der Waals surface area (Å²) in [7, 11) is 2.03. The van der Waals surface area contributed by atoms with Gasteiger partial charge in [-0.05, 0) is 42.3 Å². The van der Waals surface area contributed by atoms with Crippen LogP contribution in [0, 0.1) is 5.92 Å². The summed E-state index contributed by atoms with van der Waals surface area (Å²) in [6.07, 6.45) is 1.04. The minimum absolute atomic E-state index is 0.361. The standard InChI is InChI=1S/C16H22N2/c1-12(10-11-17)16(18-2)15-9-5-7-13-6-3-4-8-14(13)15/h3-9,12,16,18H,10-11,17H2,1-2H3. The van der Waals surface area contributed by atoms with Gasteiger partial charge in [-0.1, -0.05) is 49.4 Å². The molecule has 2 heteroatoms. The Balaban J connectivity index is 2.44. The van der Waals surface area contributed by atoms with E-state index >= 15 is 0 Å². The Kier molecular flexibility index (Phi) is 4.34. The van der Waals surface area contributed by atoms with Crippen LogP contribution in [0.4, 0.5) is 0 Å². The van der Waals surface area contributed by atoms with E-state index in [1.807, 2.05) is 7.05 Å². The summed E-state index contributed by atoms with van der Waals surface area (Å²) in [6, 6.07) is 15.4. The third-order valence-corrected chi connectivity index (χ3v) is 3.66. The third kappa shape index (κ3) is 2.55. The molecule has 2 atom stereocenters. The van der Waals surface area contributed by atoms with Crippen LogP contribution in [-0.2, 0) is 0 Å². The molecule has 0 aromatic heterocycles. The SMILES string of the molecule is CNC(c1cccc2ccccc12)C(C)CCN. The molecule has 0 aliphatic rings. The van der Waals surface area contributed by atoms with Gasteiger partial charge < -0.3 is 11.1 Å². The lowest BCUT2D eigenvalue weighted by atomic mass is 9.89. The molecule has 0 amide bonds. The van der Waals surface area contributed by atoms with Gasteiger partial charge in [-0.2, -0.15) is 0 Å². The quantitative estimate of drug-likeness (QED) is 0.845. The Morgan fingerprint density at radius 2 is 1.83 bits per heavy atom. The third-order valence-electron chi connectivity index (χ3n) is 3.66. The summed E-state index contributed by atoms with van der Waals surface area (Å²) in [4.78, 5) is 0. The van der Waals surface area contributed by atoms with E-state index in [-0.39, 0.29) is 0 Å². The highest BCUT2D eigenvalue weighted by Gasteiger charge is 2.18. The summed E-state index contributed by atoms with van der Waals surface area (Å²) in [6.45, 7) is 3.00. The number of rotatable bonds is 5. The number of benzene rings is 2. The molecule has 0 saturated carbocycles. The predicted molar refractivity (Wildman–Crippen MR) is 78.6 cm³/mol. The first-order chi connectivity index (χ1) is 8.77. The molecule has 2 aromatic rings. The van der Waals surface area contributed by atoms with Crippen molar-refractivity contribution in [2.75, 3.05) is 13.6 Å². The minimum atomic E-state index is 0.361. The number of hydrogen-bond donors (Lipinski definition) is 2. The van der Waals surface area contributed by atoms with E-state index in [9.17, 15) is 0 Å². The molecule has 0 radical (unpaired) electrons. The molecule has 0 spiro atoms. The number of nitrogens with two attached hydrogens (primary N) is 1. The molecule has 0 heterocycles. The lowest BCUT2D eigenvalue weighted by Crippen LogP contribution is -2.25. The summed E-state index contributed by atoms with van der Waals surface area (Å²) in [5, 5.41) is 6.08. The largest absolute Gasteiger partial charge is 0.330 e. The van der Waals surface area contributed by atoms with Crippen LogP contribution in [0.5, 0.6) is 0 Å². The smallest absolute Gasteiger partial charge is 0.0350 e. The molecule has 2 nitrogen and oxygen atoms in total. The summed E-state index contributed by atoms with van der Waals surface area (Å²) in [5.41, 5.74) is 7.06. The van der Waals surface area contributed by atoms with Crippen LogP contribution in [0.2, 0.25) is 0 Å². The van der Waals surface area contributed by atoms with Crippen LogP contribution in [0.1, 0.15) is 24.9 Å². The van der Waals surface area contributed by atoms with Crippen molar-refractivity contribution in [2.24, 2.45) is 11.7 Å². The second-order valence-electron chi connectivity index (χ2n) is 4.89. The van der Waals surface area contributed by atoms with Crippen LogP contribution in [-0.4, -0.2) is 13.6 Å². The van der Waals surface area contributed by atoms with Gasteiger partial charge in [0.2, 0.25) is 0 Å². The first-order valence-corrected chi connectivity index (χ1v) is 6.63. The summed E-state index contributed by atoms with van der Waals surface area (Å²) < 4.78 is 0. The molecule has 0 aliphatic carbocycles. The summed E-state index contributed by atoms with van der Waals surface area (Å²) in [5.74, 6) is 0.533. The molecule has 2 rings (SSSR count). The lowest BCUT2D eigenvalue weighted by Gasteiger charge is -2.25. The van der Waals surface area contributed by atoms with Crippen LogP contribution < -0.4 is 11.1 Å². The monoisotopic (exact) mass is 242 g/mol. The van der Waals surface area contributed by atoms with Gasteiger partial charge in [0, 0.05) is 6.04 Å². The van der Waals surface area contributed by atoms with E-state index in [1.165, 1.54) is 16.3 Å². The second-order valence-corrected chi connectivity index (χ2v) is 4.89. The first kappa shape index (κ1) is 13.1. The Morgan fingerprint density at radius 3 is 2.56 bits per heavy atom. The fraction of sp³-hybridized carbons (Fsp3) is 0.375. The van der Waals surface area contributed by atoms with E-state index in [4.69, 9.17) is 5.73 Å². The molecule has 2 unspecified atom stereocenters. The maximum Gasteiger partial charge on any atom is 0.0350 e.